The molecule has 2 rings (SSSR count). The lowest BCUT2D eigenvalue weighted by atomic mass is 10.2. The van der Waals surface area contributed by atoms with Gasteiger partial charge in [-0.1, -0.05) is 37.3 Å². The van der Waals surface area contributed by atoms with Crippen LogP contribution >= 0.6 is 24.0 Å². The van der Waals surface area contributed by atoms with Crippen LogP contribution in [0.4, 0.5) is 0 Å². The Morgan fingerprint density at radius 3 is 2.64 bits per heavy atom. The maximum absolute atomic E-state index is 4.53. The van der Waals surface area contributed by atoms with Crippen LogP contribution in [0.1, 0.15) is 26.1 Å². The Labute approximate surface area is 149 Å². The number of aromatic nitrogens is 2. The first-order chi connectivity index (χ1) is 10.3. The highest BCUT2D eigenvalue weighted by molar-refractivity contribution is 14.0. The van der Waals surface area contributed by atoms with Gasteiger partial charge in [-0.25, -0.2) is 9.98 Å². The Morgan fingerprint density at radius 2 is 1.95 bits per heavy atom. The van der Waals surface area contributed by atoms with Crippen molar-refractivity contribution in [3.05, 3.63) is 42.4 Å². The number of hydrogen-bond donors (Lipinski definition) is 3. The van der Waals surface area contributed by atoms with E-state index in [9.17, 15) is 0 Å². The third-order valence-electron chi connectivity index (χ3n) is 2.99. The largest absolute Gasteiger partial charge is 0.357 e. The molecule has 5 nitrogen and oxygen atoms in total. The Kier molecular flexibility index (Phi) is 8.57. The van der Waals surface area contributed by atoms with Crippen LogP contribution in [0, 0.1) is 0 Å². The molecule has 0 unspecified atom stereocenters. The Bertz CT molecular complexity index is 565. The van der Waals surface area contributed by atoms with E-state index in [0.717, 1.165) is 42.6 Å². The van der Waals surface area contributed by atoms with Crippen LogP contribution in [-0.2, 0) is 6.54 Å². The first kappa shape index (κ1) is 18.5. The second-order valence-electron chi connectivity index (χ2n) is 4.73. The molecule has 0 aliphatic carbocycles. The predicted molar refractivity (Wildman–Crippen MR) is 103 cm³/mol. The predicted octanol–water partition coefficient (Wildman–Crippen LogP) is 3.16. The van der Waals surface area contributed by atoms with Crippen LogP contribution in [0.15, 0.2) is 41.5 Å². The van der Waals surface area contributed by atoms with E-state index < -0.39 is 0 Å². The monoisotopic (exact) mass is 413 g/mol. The summed E-state index contributed by atoms with van der Waals surface area (Å²) >= 11 is 0. The highest BCUT2D eigenvalue weighted by Gasteiger charge is 2.03. The van der Waals surface area contributed by atoms with Crippen LogP contribution in [0.2, 0.25) is 0 Å². The molecule has 0 radical (unpaired) electrons. The van der Waals surface area contributed by atoms with E-state index in [2.05, 4.69) is 51.6 Å². The SMILES string of the molecule is CCCNC(=NCc1ncc(-c2ccccc2)[nH]1)NCC.I. The molecule has 0 atom stereocenters. The fourth-order valence-corrected chi connectivity index (χ4v) is 1.95. The summed E-state index contributed by atoms with van der Waals surface area (Å²) in [5.74, 6) is 1.69. The van der Waals surface area contributed by atoms with E-state index in [4.69, 9.17) is 0 Å². The molecule has 22 heavy (non-hydrogen) atoms. The Balaban J connectivity index is 0.00000242. The summed E-state index contributed by atoms with van der Waals surface area (Å²) in [5, 5.41) is 6.50. The van der Waals surface area contributed by atoms with E-state index in [-0.39, 0.29) is 24.0 Å². The average molecular weight is 413 g/mol. The maximum Gasteiger partial charge on any atom is 0.191 e. The molecule has 6 heteroatoms. The number of hydrogen-bond acceptors (Lipinski definition) is 2. The molecular weight excluding hydrogens is 389 g/mol. The lowest BCUT2D eigenvalue weighted by Gasteiger charge is -2.09. The summed E-state index contributed by atoms with van der Waals surface area (Å²) < 4.78 is 0. The van der Waals surface area contributed by atoms with E-state index in [0.29, 0.717) is 6.54 Å². The van der Waals surface area contributed by atoms with Crippen molar-refractivity contribution in [3.8, 4) is 11.3 Å². The van der Waals surface area contributed by atoms with Gasteiger partial charge >= 0.3 is 0 Å². The molecule has 1 heterocycles. The molecule has 3 N–H and O–H groups in total. The van der Waals surface area contributed by atoms with Gasteiger partial charge in [0.1, 0.15) is 12.4 Å². The maximum atomic E-state index is 4.53. The number of benzene rings is 1. The van der Waals surface area contributed by atoms with Gasteiger partial charge in [0.25, 0.3) is 0 Å². The lowest BCUT2D eigenvalue weighted by molar-refractivity contribution is 0.781. The zero-order valence-corrected chi connectivity index (χ0v) is 15.4. The third-order valence-corrected chi connectivity index (χ3v) is 2.99. The van der Waals surface area contributed by atoms with Crippen molar-refractivity contribution in [3.63, 3.8) is 0 Å². The van der Waals surface area contributed by atoms with Crippen molar-refractivity contribution in [2.75, 3.05) is 13.1 Å². The number of aromatic amines is 1. The van der Waals surface area contributed by atoms with Crippen molar-refractivity contribution < 1.29 is 0 Å². The third kappa shape index (κ3) is 5.67. The van der Waals surface area contributed by atoms with Gasteiger partial charge < -0.3 is 15.6 Å². The van der Waals surface area contributed by atoms with E-state index in [1.165, 1.54) is 0 Å². The van der Waals surface area contributed by atoms with E-state index >= 15 is 0 Å². The molecule has 0 bridgehead atoms. The summed E-state index contributed by atoms with van der Waals surface area (Å²) in [4.78, 5) is 12.2. The summed E-state index contributed by atoms with van der Waals surface area (Å²) in [6.07, 6.45) is 2.93. The minimum Gasteiger partial charge on any atom is -0.357 e. The normalized spacial score (nSPS) is 10.9. The topological polar surface area (TPSA) is 65.1 Å². The molecular formula is C16H24IN5. The van der Waals surface area contributed by atoms with Crippen LogP contribution in [-0.4, -0.2) is 29.0 Å². The summed E-state index contributed by atoms with van der Waals surface area (Å²) in [6, 6.07) is 10.2. The fourth-order valence-electron chi connectivity index (χ4n) is 1.95. The van der Waals surface area contributed by atoms with Gasteiger partial charge in [0.05, 0.1) is 11.9 Å². The van der Waals surface area contributed by atoms with E-state index in [1.54, 1.807) is 0 Å². The number of nitrogens with one attached hydrogen (secondary N) is 3. The van der Waals surface area contributed by atoms with Crippen molar-refractivity contribution in [2.45, 2.75) is 26.8 Å². The molecule has 0 saturated carbocycles. The van der Waals surface area contributed by atoms with Crippen LogP contribution in [0.25, 0.3) is 11.3 Å². The molecule has 0 fully saturated rings. The quantitative estimate of drug-likeness (QED) is 0.387. The van der Waals surface area contributed by atoms with Gasteiger partial charge in [0, 0.05) is 13.1 Å². The van der Waals surface area contributed by atoms with Crippen LogP contribution in [0.5, 0.6) is 0 Å². The molecule has 0 spiro atoms. The van der Waals surface area contributed by atoms with Gasteiger partial charge in [0.2, 0.25) is 0 Å². The first-order valence-corrected chi connectivity index (χ1v) is 7.45. The molecule has 2 aromatic rings. The summed E-state index contributed by atoms with van der Waals surface area (Å²) in [5.41, 5.74) is 2.16. The molecule has 120 valence electrons. The average Bonchev–Trinajstić information content (AvgIpc) is 3.00. The standard InChI is InChI=1S/C16H23N5.HI/c1-3-10-18-16(17-4-2)20-12-15-19-11-14(21-15)13-8-6-5-7-9-13;/h5-9,11H,3-4,10,12H2,1-2H3,(H,19,21)(H2,17,18,20);1H. The molecule has 1 aromatic heterocycles. The molecule has 0 aliphatic heterocycles. The van der Waals surface area contributed by atoms with Gasteiger partial charge in [-0.2, -0.15) is 0 Å². The van der Waals surface area contributed by atoms with Gasteiger partial charge in [-0.15, -0.1) is 24.0 Å². The minimum absolute atomic E-state index is 0. The molecule has 0 aliphatic rings. The first-order valence-electron chi connectivity index (χ1n) is 7.45. The number of H-pyrrole nitrogens is 1. The number of rotatable bonds is 6. The fraction of sp³-hybridized carbons (Fsp3) is 0.375. The highest BCUT2D eigenvalue weighted by atomic mass is 127. The number of nitrogens with zero attached hydrogens (tertiary/aromatic N) is 2. The summed E-state index contributed by atoms with van der Waals surface area (Å²) in [6.45, 7) is 6.49. The number of imidazole rings is 1. The number of halogens is 1. The van der Waals surface area contributed by atoms with Crippen molar-refractivity contribution in [1.82, 2.24) is 20.6 Å². The Morgan fingerprint density at radius 1 is 1.18 bits per heavy atom. The van der Waals surface area contributed by atoms with Crippen LogP contribution < -0.4 is 10.6 Å². The van der Waals surface area contributed by atoms with Crippen molar-refractivity contribution >= 4 is 29.9 Å². The molecule has 0 saturated heterocycles. The second-order valence-corrected chi connectivity index (χ2v) is 4.73. The number of guanidine groups is 1. The van der Waals surface area contributed by atoms with Crippen molar-refractivity contribution in [1.29, 1.82) is 0 Å². The van der Waals surface area contributed by atoms with E-state index in [1.807, 2.05) is 24.4 Å². The van der Waals surface area contributed by atoms with Gasteiger partial charge in [0.15, 0.2) is 5.96 Å². The van der Waals surface area contributed by atoms with Crippen molar-refractivity contribution in [2.24, 2.45) is 4.99 Å². The minimum atomic E-state index is 0. The lowest BCUT2D eigenvalue weighted by Crippen LogP contribution is -2.37. The summed E-state index contributed by atoms with van der Waals surface area (Å²) in [7, 11) is 0. The van der Waals surface area contributed by atoms with Gasteiger partial charge in [-0.3, -0.25) is 0 Å². The van der Waals surface area contributed by atoms with Gasteiger partial charge in [-0.05, 0) is 18.9 Å². The second kappa shape index (κ2) is 10.2. The zero-order chi connectivity index (χ0) is 14.9. The smallest absolute Gasteiger partial charge is 0.191 e. The molecule has 1 aromatic carbocycles. The number of aliphatic imine (C=N–C) groups is 1. The Hall–Kier alpha value is -1.57. The highest BCUT2D eigenvalue weighted by Crippen LogP contribution is 2.16. The van der Waals surface area contributed by atoms with Crippen LogP contribution in [0.3, 0.4) is 0 Å². The molecule has 0 amide bonds. The zero-order valence-electron chi connectivity index (χ0n) is 13.1.